The summed E-state index contributed by atoms with van der Waals surface area (Å²) in [7, 11) is -1.15. The minimum Gasteiger partial charge on any atom is -0.307 e. The Morgan fingerprint density at radius 3 is 1.50 bits per heavy atom. The molecule has 2 rings (SSSR count). The SMILES string of the molecule is C=O.C[Si](C)(C)CCP(c1ccccc1)c1ccccc1.[Rh]. The van der Waals surface area contributed by atoms with Gasteiger partial charge in [0.1, 0.15) is 6.79 Å². The molecule has 0 fully saturated rings. The Balaban J connectivity index is 0.00000141. The zero-order valence-electron chi connectivity index (χ0n) is 13.6. The van der Waals surface area contributed by atoms with Crippen molar-refractivity contribution in [3.8, 4) is 0 Å². The maximum absolute atomic E-state index is 8.00. The van der Waals surface area contributed by atoms with Crippen molar-refractivity contribution in [2.45, 2.75) is 25.7 Å². The van der Waals surface area contributed by atoms with E-state index in [2.05, 4.69) is 80.3 Å². The first-order valence-electron chi connectivity index (χ1n) is 7.23. The van der Waals surface area contributed by atoms with E-state index in [1.807, 2.05) is 6.79 Å². The average Bonchev–Trinajstić information content (AvgIpc) is 2.50. The number of carbonyl (C=O) groups excluding carboxylic acids is 1. The Hall–Kier alpha value is -0.620. The van der Waals surface area contributed by atoms with Crippen LogP contribution in [0.1, 0.15) is 0 Å². The van der Waals surface area contributed by atoms with E-state index >= 15 is 0 Å². The minimum absolute atomic E-state index is 0. The van der Waals surface area contributed by atoms with Crippen LogP contribution in [0.3, 0.4) is 0 Å². The molecule has 0 saturated heterocycles. The van der Waals surface area contributed by atoms with Crippen LogP contribution in [0, 0.1) is 0 Å². The van der Waals surface area contributed by atoms with Crippen LogP contribution in [-0.2, 0) is 24.3 Å². The van der Waals surface area contributed by atoms with Gasteiger partial charge in [0.15, 0.2) is 0 Å². The topological polar surface area (TPSA) is 17.1 Å². The van der Waals surface area contributed by atoms with Gasteiger partial charge < -0.3 is 4.79 Å². The molecule has 22 heavy (non-hydrogen) atoms. The first kappa shape index (κ1) is 21.4. The van der Waals surface area contributed by atoms with Crippen LogP contribution >= 0.6 is 7.92 Å². The van der Waals surface area contributed by atoms with E-state index in [9.17, 15) is 0 Å². The van der Waals surface area contributed by atoms with Gasteiger partial charge in [0, 0.05) is 27.6 Å². The summed E-state index contributed by atoms with van der Waals surface area (Å²) in [5.74, 6) is 0. The van der Waals surface area contributed by atoms with Gasteiger partial charge in [-0.3, -0.25) is 0 Å². The van der Waals surface area contributed by atoms with Crippen LogP contribution in [0.25, 0.3) is 0 Å². The van der Waals surface area contributed by atoms with Crippen molar-refractivity contribution in [2.75, 3.05) is 6.16 Å². The molecule has 0 amide bonds. The molecule has 0 aliphatic carbocycles. The first-order chi connectivity index (χ1) is 10.1. The molecule has 0 atom stereocenters. The zero-order valence-corrected chi connectivity index (χ0v) is 17.1. The fraction of sp³-hybridized carbons (Fsp3) is 0.278. The van der Waals surface area contributed by atoms with Crippen LogP contribution < -0.4 is 10.6 Å². The molecule has 0 spiro atoms. The molecule has 2 aromatic rings. The minimum atomic E-state index is -0.970. The van der Waals surface area contributed by atoms with Crippen LogP contribution in [0.15, 0.2) is 60.7 Å². The molecule has 2 aromatic carbocycles. The fourth-order valence-electron chi connectivity index (χ4n) is 2.07. The predicted octanol–water partition coefficient (Wildman–Crippen LogP) is 4.27. The molecule has 0 aromatic heterocycles. The second kappa shape index (κ2) is 11.0. The molecule has 1 radical (unpaired) electrons. The molecule has 1 nitrogen and oxygen atoms in total. The molecule has 121 valence electrons. The number of hydrogen-bond donors (Lipinski definition) is 0. The van der Waals surface area contributed by atoms with Gasteiger partial charge >= 0.3 is 0 Å². The summed E-state index contributed by atoms with van der Waals surface area (Å²) in [6.07, 6.45) is 1.33. The number of hydrogen-bond acceptors (Lipinski definition) is 1. The summed E-state index contributed by atoms with van der Waals surface area (Å²) in [5.41, 5.74) is 0. The molecule has 4 heteroatoms. The standard InChI is InChI=1S/C17H23PSi.CH2O.Rh/c1-19(2,3)15-14-18(16-10-6-4-7-11-16)17-12-8-5-9-13-17;1-2;/h4-13H,14-15H2,1-3H3;1H2;. The Morgan fingerprint density at radius 1 is 0.818 bits per heavy atom. The smallest absolute Gasteiger partial charge is 0.106 e. The van der Waals surface area contributed by atoms with E-state index in [1.54, 1.807) is 0 Å². The van der Waals surface area contributed by atoms with Crippen molar-refractivity contribution in [3.63, 3.8) is 0 Å². The van der Waals surface area contributed by atoms with Gasteiger partial charge in [-0.25, -0.2) is 0 Å². The summed E-state index contributed by atoms with van der Waals surface area (Å²) in [4.78, 5) is 8.00. The second-order valence-electron chi connectivity index (χ2n) is 6.13. The maximum Gasteiger partial charge on any atom is 0.106 e. The molecule has 0 heterocycles. The number of benzene rings is 2. The maximum atomic E-state index is 8.00. The van der Waals surface area contributed by atoms with Crippen molar-refractivity contribution in [3.05, 3.63) is 60.7 Å². The molecule has 0 unspecified atom stereocenters. The van der Waals surface area contributed by atoms with Gasteiger partial charge in [-0.1, -0.05) is 86.3 Å². The number of rotatable bonds is 5. The van der Waals surface area contributed by atoms with E-state index in [4.69, 9.17) is 4.79 Å². The Bertz CT molecular complexity index is 474. The van der Waals surface area contributed by atoms with Crippen LogP contribution in [0.2, 0.25) is 25.7 Å². The Labute approximate surface area is 150 Å². The summed E-state index contributed by atoms with van der Waals surface area (Å²) in [6.45, 7) is 9.41. The van der Waals surface area contributed by atoms with E-state index in [1.165, 1.54) is 22.8 Å². The van der Waals surface area contributed by atoms with Crippen LogP contribution in [-0.4, -0.2) is 21.0 Å². The van der Waals surface area contributed by atoms with Gasteiger partial charge in [0.25, 0.3) is 0 Å². The third-order valence-corrected chi connectivity index (χ3v) is 7.91. The Morgan fingerprint density at radius 2 is 1.18 bits per heavy atom. The molecule has 0 aliphatic rings. The van der Waals surface area contributed by atoms with Crippen LogP contribution in [0.5, 0.6) is 0 Å². The third kappa shape index (κ3) is 7.58. The van der Waals surface area contributed by atoms with E-state index in [-0.39, 0.29) is 27.4 Å². The monoisotopic (exact) mass is 419 g/mol. The quantitative estimate of drug-likeness (QED) is 0.523. The molecular formula is C18H25OPRhSi. The Kier molecular flexibility index (Phi) is 10.7. The number of carbonyl (C=O) groups is 1. The van der Waals surface area contributed by atoms with Gasteiger partial charge in [-0.15, -0.1) is 0 Å². The molecule has 0 saturated carbocycles. The first-order valence-corrected chi connectivity index (χ1v) is 12.5. The van der Waals surface area contributed by atoms with Crippen molar-refractivity contribution in [2.24, 2.45) is 0 Å². The van der Waals surface area contributed by atoms with Crippen molar-refractivity contribution in [1.82, 2.24) is 0 Å². The summed E-state index contributed by atoms with van der Waals surface area (Å²) in [5, 5.41) is 3.03. The van der Waals surface area contributed by atoms with E-state index < -0.39 is 8.07 Å². The normalized spacial score (nSPS) is 10.4. The van der Waals surface area contributed by atoms with Crippen molar-refractivity contribution < 1.29 is 24.3 Å². The van der Waals surface area contributed by atoms with Crippen molar-refractivity contribution >= 4 is 33.4 Å². The van der Waals surface area contributed by atoms with Gasteiger partial charge in [0.05, 0.1) is 0 Å². The van der Waals surface area contributed by atoms with Gasteiger partial charge in [-0.05, 0) is 24.7 Å². The summed E-state index contributed by atoms with van der Waals surface area (Å²) in [6, 6.07) is 23.5. The predicted molar refractivity (Wildman–Crippen MR) is 99.2 cm³/mol. The van der Waals surface area contributed by atoms with Crippen molar-refractivity contribution in [1.29, 1.82) is 0 Å². The average molecular weight is 419 g/mol. The third-order valence-electron chi connectivity index (χ3n) is 3.22. The van der Waals surface area contributed by atoms with Crippen LogP contribution in [0.4, 0.5) is 0 Å². The fourth-order valence-corrected chi connectivity index (χ4v) is 7.53. The van der Waals surface area contributed by atoms with E-state index in [0.29, 0.717) is 0 Å². The van der Waals surface area contributed by atoms with E-state index in [0.717, 1.165) is 0 Å². The summed E-state index contributed by atoms with van der Waals surface area (Å²) >= 11 is 0. The zero-order chi connectivity index (χ0) is 15.7. The summed E-state index contributed by atoms with van der Waals surface area (Å²) < 4.78 is 0. The van der Waals surface area contributed by atoms with Gasteiger partial charge in [0.2, 0.25) is 0 Å². The molecule has 0 N–H and O–H groups in total. The molecule has 0 aliphatic heterocycles. The molecular weight excluding hydrogens is 394 g/mol. The second-order valence-corrected chi connectivity index (χ2v) is 14.1. The largest absolute Gasteiger partial charge is 0.307 e. The van der Waals surface area contributed by atoms with Gasteiger partial charge in [-0.2, -0.15) is 0 Å². The molecule has 0 bridgehead atoms.